The second-order valence-corrected chi connectivity index (χ2v) is 8.35. The Kier molecular flexibility index (Phi) is 5.97. The quantitative estimate of drug-likeness (QED) is 0.761. The van der Waals surface area contributed by atoms with Gasteiger partial charge in [0.2, 0.25) is 5.91 Å². The van der Waals surface area contributed by atoms with E-state index >= 15 is 0 Å². The van der Waals surface area contributed by atoms with Crippen molar-refractivity contribution >= 4 is 40.8 Å². The van der Waals surface area contributed by atoms with Crippen molar-refractivity contribution in [2.45, 2.75) is 32.2 Å². The van der Waals surface area contributed by atoms with Crippen molar-refractivity contribution in [3.05, 3.63) is 63.1 Å². The Balaban J connectivity index is 1.35. The summed E-state index contributed by atoms with van der Waals surface area (Å²) >= 11 is 12.4. The van der Waals surface area contributed by atoms with Crippen molar-refractivity contribution < 1.29 is 9.59 Å². The molecule has 0 aliphatic carbocycles. The Hall–Kier alpha value is -2.24. The number of carbonyl (C=O) groups excluding carboxylic acids is 2. The van der Waals surface area contributed by atoms with Crippen LogP contribution in [0.25, 0.3) is 0 Å². The van der Waals surface area contributed by atoms with Crippen LogP contribution in [0.15, 0.2) is 36.4 Å². The molecule has 5 nitrogen and oxygen atoms in total. The highest BCUT2D eigenvalue weighted by atomic mass is 35.5. The molecule has 1 N–H and O–H groups in total. The van der Waals surface area contributed by atoms with Crippen LogP contribution >= 0.6 is 23.2 Å². The maximum absolute atomic E-state index is 12.7. The maximum Gasteiger partial charge on any atom is 0.322 e. The van der Waals surface area contributed by atoms with Crippen molar-refractivity contribution in [2.75, 3.05) is 25.0 Å². The van der Waals surface area contributed by atoms with Crippen LogP contribution in [0.1, 0.15) is 29.5 Å². The molecule has 1 saturated heterocycles. The summed E-state index contributed by atoms with van der Waals surface area (Å²) in [6.45, 7) is 2.81. The normalized spacial score (nSPS) is 15.9. The summed E-state index contributed by atoms with van der Waals surface area (Å²) in [7, 11) is 0. The highest BCUT2D eigenvalue weighted by Crippen LogP contribution is 2.32. The number of nitrogens with one attached hydrogen (secondary N) is 1. The summed E-state index contributed by atoms with van der Waals surface area (Å²) in [5, 5.41) is 4.07. The summed E-state index contributed by atoms with van der Waals surface area (Å²) in [5.74, 6) is 0.171. The standard InChI is InChI=1S/C22H23Cl2N3O2/c23-19-8-5-16-14-27(12-9-18(16)21(19)24)22(29)25-17-6-3-15(4-7-17)13-20(28)26-10-1-2-11-26/h3-8H,1-2,9-14H2,(H,25,29). The van der Waals surface area contributed by atoms with Gasteiger partial charge >= 0.3 is 6.03 Å². The van der Waals surface area contributed by atoms with Gasteiger partial charge in [0.15, 0.2) is 0 Å². The molecule has 0 spiro atoms. The minimum Gasteiger partial charge on any atom is -0.342 e. The molecule has 2 aromatic carbocycles. The zero-order valence-electron chi connectivity index (χ0n) is 16.1. The molecule has 0 saturated carbocycles. The predicted octanol–water partition coefficient (Wildman–Crippen LogP) is 4.75. The van der Waals surface area contributed by atoms with E-state index in [1.165, 1.54) is 0 Å². The number of rotatable bonds is 3. The molecule has 2 aliphatic heterocycles. The Morgan fingerprint density at radius 2 is 1.66 bits per heavy atom. The Morgan fingerprint density at radius 3 is 2.38 bits per heavy atom. The number of anilines is 1. The highest BCUT2D eigenvalue weighted by Gasteiger charge is 2.23. The number of urea groups is 1. The van der Waals surface area contributed by atoms with E-state index in [-0.39, 0.29) is 11.9 Å². The number of fused-ring (bicyclic) bond motifs is 1. The van der Waals surface area contributed by atoms with Gasteiger partial charge in [0.25, 0.3) is 0 Å². The third-order valence-corrected chi connectivity index (χ3v) is 6.44. The van der Waals surface area contributed by atoms with E-state index < -0.39 is 0 Å². The number of nitrogens with zero attached hydrogens (tertiary/aromatic N) is 2. The number of halogens is 2. The molecule has 152 valence electrons. The van der Waals surface area contributed by atoms with Crippen molar-refractivity contribution in [2.24, 2.45) is 0 Å². The van der Waals surface area contributed by atoms with Crippen LogP contribution in [-0.2, 0) is 24.2 Å². The minimum atomic E-state index is -0.150. The predicted molar refractivity (Wildman–Crippen MR) is 116 cm³/mol. The van der Waals surface area contributed by atoms with Crippen LogP contribution in [0.3, 0.4) is 0 Å². The lowest BCUT2D eigenvalue weighted by molar-refractivity contribution is -0.129. The van der Waals surface area contributed by atoms with E-state index in [1.807, 2.05) is 35.2 Å². The molecule has 1 fully saturated rings. The fraction of sp³-hybridized carbons (Fsp3) is 0.364. The van der Waals surface area contributed by atoms with Gasteiger partial charge in [0.05, 0.1) is 16.5 Å². The molecule has 0 aromatic heterocycles. The number of hydrogen-bond donors (Lipinski definition) is 1. The Bertz CT molecular complexity index is 924. The van der Waals surface area contributed by atoms with Crippen LogP contribution in [0.4, 0.5) is 10.5 Å². The van der Waals surface area contributed by atoms with Gasteiger partial charge < -0.3 is 15.1 Å². The third kappa shape index (κ3) is 4.51. The lowest BCUT2D eigenvalue weighted by atomic mass is 10.00. The summed E-state index contributed by atoms with van der Waals surface area (Å²) in [5.41, 5.74) is 3.72. The summed E-state index contributed by atoms with van der Waals surface area (Å²) in [6.07, 6.45) is 3.27. The third-order valence-electron chi connectivity index (χ3n) is 5.59. The second-order valence-electron chi connectivity index (χ2n) is 7.56. The van der Waals surface area contributed by atoms with Gasteiger partial charge in [-0.25, -0.2) is 4.79 Å². The molecular formula is C22H23Cl2N3O2. The molecule has 0 radical (unpaired) electrons. The summed E-state index contributed by atoms with van der Waals surface area (Å²) in [6, 6.07) is 11.0. The first kappa shape index (κ1) is 20.0. The van der Waals surface area contributed by atoms with E-state index in [2.05, 4.69) is 5.32 Å². The van der Waals surface area contributed by atoms with Crippen molar-refractivity contribution in [1.29, 1.82) is 0 Å². The van der Waals surface area contributed by atoms with E-state index in [4.69, 9.17) is 23.2 Å². The van der Waals surface area contributed by atoms with Crippen LogP contribution in [0, 0.1) is 0 Å². The largest absolute Gasteiger partial charge is 0.342 e. The molecule has 4 rings (SSSR count). The van der Waals surface area contributed by atoms with Gasteiger partial charge in [-0.1, -0.05) is 41.4 Å². The zero-order valence-corrected chi connectivity index (χ0v) is 17.6. The molecule has 0 atom stereocenters. The Morgan fingerprint density at radius 1 is 0.931 bits per heavy atom. The zero-order chi connectivity index (χ0) is 20.4. The molecule has 7 heteroatoms. The van der Waals surface area contributed by atoms with E-state index in [1.54, 1.807) is 11.0 Å². The molecule has 2 aliphatic rings. The fourth-order valence-electron chi connectivity index (χ4n) is 3.92. The monoisotopic (exact) mass is 431 g/mol. The molecule has 0 unspecified atom stereocenters. The lowest BCUT2D eigenvalue weighted by Gasteiger charge is -2.29. The molecule has 0 bridgehead atoms. The van der Waals surface area contributed by atoms with Gasteiger partial charge in [-0.05, 0) is 54.2 Å². The average molecular weight is 432 g/mol. The van der Waals surface area contributed by atoms with Gasteiger partial charge in [-0.2, -0.15) is 0 Å². The number of hydrogen-bond acceptors (Lipinski definition) is 2. The first-order chi connectivity index (χ1) is 14.0. The lowest BCUT2D eigenvalue weighted by Crippen LogP contribution is -2.39. The van der Waals surface area contributed by atoms with Crippen LogP contribution in [0.2, 0.25) is 10.0 Å². The van der Waals surface area contributed by atoms with Gasteiger partial charge in [-0.15, -0.1) is 0 Å². The summed E-state index contributed by atoms with van der Waals surface area (Å²) < 4.78 is 0. The Labute approximate surface area is 180 Å². The summed E-state index contributed by atoms with van der Waals surface area (Å²) in [4.78, 5) is 28.6. The molecular weight excluding hydrogens is 409 g/mol. The number of amides is 3. The molecule has 3 amide bonds. The molecule has 2 heterocycles. The van der Waals surface area contributed by atoms with Crippen LogP contribution < -0.4 is 5.32 Å². The SMILES string of the molecule is O=C(Cc1ccc(NC(=O)N2CCc3c(ccc(Cl)c3Cl)C2)cc1)N1CCCC1. The van der Waals surface area contributed by atoms with Gasteiger partial charge in [0, 0.05) is 31.9 Å². The maximum atomic E-state index is 12.7. The topological polar surface area (TPSA) is 52.7 Å². The second kappa shape index (κ2) is 8.64. The van der Waals surface area contributed by atoms with Crippen molar-refractivity contribution in [3.8, 4) is 0 Å². The van der Waals surface area contributed by atoms with Gasteiger partial charge in [-0.3, -0.25) is 4.79 Å². The van der Waals surface area contributed by atoms with E-state index in [0.29, 0.717) is 41.7 Å². The van der Waals surface area contributed by atoms with Crippen LogP contribution in [-0.4, -0.2) is 41.4 Å². The smallest absolute Gasteiger partial charge is 0.322 e. The fourth-order valence-corrected chi connectivity index (χ4v) is 4.37. The number of benzene rings is 2. The highest BCUT2D eigenvalue weighted by molar-refractivity contribution is 6.42. The minimum absolute atomic E-state index is 0.150. The number of carbonyl (C=O) groups is 2. The van der Waals surface area contributed by atoms with Crippen molar-refractivity contribution in [1.82, 2.24) is 9.80 Å². The van der Waals surface area contributed by atoms with Gasteiger partial charge in [0.1, 0.15) is 0 Å². The van der Waals surface area contributed by atoms with E-state index in [0.717, 1.165) is 42.6 Å². The van der Waals surface area contributed by atoms with Crippen molar-refractivity contribution in [3.63, 3.8) is 0 Å². The number of likely N-dealkylation sites (tertiary alicyclic amines) is 1. The molecule has 29 heavy (non-hydrogen) atoms. The first-order valence-electron chi connectivity index (χ1n) is 9.89. The van der Waals surface area contributed by atoms with E-state index in [9.17, 15) is 9.59 Å². The molecule has 2 aromatic rings. The first-order valence-corrected chi connectivity index (χ1v) is 10.7. The van der Waals surface area contributed by atoms with Crippen LogP contribution in [0.5, 0.6) is 0 Å². The average Bonchev–Trinajstić information content (AvgIpc) is 3.27.